The van der Waals surface area contributed by atoms with E-state index >= 15 is 0 Å². The van der Waals surface area contributed by atoms with Gasteiger partial charge in [0.25, 0.3) is 0 Å². The molecule has 1 aromatic carbocycles. The molecule has 1 fully saturated rings. The Morgan fingerprint density at radius 1 is 1.00 bits per heavy atom. The van der Waals surface area contributed by atoms with Gasteiger partial charge in [0.15, 0.2) is 0 Å². The molecule has 1 N–H and O–H groups in total. The minimum absolute atomic E-state index is 0.106. The number of nitrogens with one attached hydrogen (secondary N) is 1. The Balaban J connectivity index is 0.00000102. The van der Waals surface area contributed by atoms with E-state index in [1.54, 1.807) is 12.3 Å². The Bertz CT molecular complexity index is 886. The van der Waals surface area contributed by atoms with Crippen molar-refractivity contribution in [3.63, 3.8) is 0 Å². The van der Waals surface area contributed by atoms with E-state index in [2.05, 4.69) is 15.3 Å². The van der Waals surface area contributed by atoms with Crippen molar-refractivity contribution in [3.8, 4) is 22.4 Å². The molecule has 0 unspecified atom stereocenters. The number of anilines is 1. The Labute approximate surface area is 160 Å². The highest BCUT2D eigenvalue weighted by atomic mass is 19.1. The maximum atomic E-state index is 14.2. The monoisotopic (exact) mass is 363 g/mol. The van der Waals surface area contributed by atoms with Crippen LogP contribution in [0.15, 0.2) is 54.9 Å². The number of hydrogen-bond acceptors (Lipinski definition) is 3. The molecule has 0 radical (unpaired) electrons. The number of nitrogens with zero attached hydrogens (tertiary/aromatic N) is 2. The number of pyridine rings is 2. The molecule has 0 spiro atoms. The first-order chi connectivity index (χ1) is 13.3. The summed E-state index contributed by atoms with van der Waals surface area (Å²) in [4.78, 5) is 8.97. The lowest BCUT2D eigenvalue weighted by atomic mass is 9.79. The van der Waals surface area contributed by atoms with E-state index in [1.165, 1.54) is 6.42 Å². The summed E-state index contributed by atoms with van der Waals surface area (Å²) in [6, 6.07) is 13.3. The minimum atomic E-state index is -0.106. The van der Waals surface area contributed by atoms with E-state index in [-0.39, 0.29) is 5.82 Å². The van der Waals surface area contributed by atoms with Crippen molar-refractivity contribution >= 4 is 5.82 Å². The molecule has 3 nitrogen and oxygen atoms in total. The number of benzene rings is 1. The molecule has 0 bridgehead atoms. The number of aromatic nitrogens is 2. The summed E-state index contributed by atoms with van der Waals surface area (Å²) in [5.41, 5.74) is 4.64. The first-order valence-corrected chi connectivity index (χ1v) is 9.65. The lowest BCUT2D eigenvalue weighted by molar-refractivity contribution is 0.404. The lowest BCUT2D eigenvalue weighted by Crippen LogP contribution is -2.10. The third-order valence-corrected chi connectivity index (χ3v) is 4.95. The third-order valence-electron chi connectivity index (χ3n) is 4.95. The second-order valence-corrected chi connectivity index (χ2v) is 6.45. The average Bonchev–Trinajstić information content (AvgIpc) is 2.70. The van der Waals surface area contributed by atoms with Gasteiger partial charge in [-0.25, -0.2) is 9.37 Å². The highest BCUT2D eigenvalue weighted by Crippen LogP contribution is 2.40. The normalized spacial score (nSPS) is 13.3. The molecule has 2 heterocycles. The molecule has 0 amide bonds. The van der Waals surface area contributed by atoms with Gasteiger partial charge in [-0.2, -0.15) is 0 Å². The number of rotatable bonds is 4. The molecule has 1 aliphatic carbocycles. The van der Waals surface area contributed by atoms with Crippen LogP contribution in [-0.4, -0.2) is 17.0 Å². The lowest BCUT2D eigenvalue weighted by Gasteiger charge is -2.26. The predicted molar refractivity (Wildman–Crippen MR) is 110 cm³/mol. The molecule has 1 aliphatic rings. The zero-order valence-electron chi connectivity index (χ0n) is 16.2. The second kappa shape index (κ2) is 8.76. The van der Waals surface area contributed by atoms with E-state index < -0.39 is 0 Å². The fourth-order valence-electron chi connectivity index (χ4n) is 3.29. The third kappa shape index (κ3) is 4.00. The quantitative estimate of drug-likeness (QED) is 0.592. The van der Waals surface area contributed by atoms with Crippen molar-refractivity contribution in [1.29, 1.82) is 0 Å². The Morgan fingerprint density at radius 2 is 1.78 bits per heavy atom. The van der Waals surface area contributed by atoms with Gasteiger partial charge in [0.1, 0.15) is 11.6 Å². The fraction of sp³-hybridized carbons (Fsp3) is 0.304. The maximum Gasteiger partial charge on any atom is 0.126 e. The minimum Gasteiger partial charge on any atom is -0.373 e. The molecule has 0 saturated heterocycles. The number of halogens is 1. The first kappa shape index (κ1) is 19.0. The fourth-order valence-corrected chi connectivity index (χ4v) is 3.29. The van der Waals surface area contributed by atoms with E-state index in [9.17, 15) is 4.39 Å². The van der Waals surface area contributed by atoms with Crippen LogP contribution in [0, 0.1) is 5.82 Å². The van der Waals surface area contributed by atoms with E-state index in [1.807, 2.05) is 63.5 Å². The topological polar surface area (TPSA) is 37.8 Å². The number of hydrogen-bond donors (Lipinski definition) is 1. The van der Waals surface area contributed by atoms with E-state index in [4.69, 9.17) is 0 Å². The van der Waals surface area contributed by atoms with Gasteiger partial charge in [-0.1, -0.05) is 26.3 Å². The van der Waals surface area contributed by atoms with Crippen molar-refractivity contribution in [2.45, 2.75) is 39.0 Å². The van der Waals surface area contributed by atoms with Gasteiger partial charge in [0.2, 0.25) is 0 Å². The zero-order chi connectivity index (χ0) is 19.2. The molecule has 140 valence electrons. The van der Waals surface area contributed by atoms with Crippen molar-refractivity contribution < 1.29 is 4.39 Å². The van der Waals surface area contributed by atoms with Crippen LogP contribution in [0.5, 0.6) is 0 Å². The van der Waals surface area contributed by atoms with Crippen molar-refractivity contribution in [3.05, 3.63) is 66.2 Å². The van der Waals surface area contributed by atoms with Gasteiger partial charge in [-0.05, 0) is 60.7 Å². The molecule has 3 aromatic rings. The van der Waals surface area contributed by atoms with Crippen LogP contribution >= 0.6 is 0 Å². The van der Waals surface area contributed by atoms with Crippen LogP contribution in [0.1, 0.15) is 44.6 Å². The van der Waals surface area contributed by atoms with Crippen molar-refractivity contribution in [2.24, 2.45) is 0 Å². The van der Waals surface area contributed by atoms with Gasteiger partial charge in [-0.15, -0.1) is 0 Å². The van der Waals surface area contributed by atoms with Crippen LogP contribution in [0.3, 0.4) is 0 Å². The first-order valence-electron chi connectivity index (χ1n) is 9.65. The second-order valence-electron chi connectivity index (χ2n) is 6.45. The highest BCUT2D eigenvalue weighted by molar-refractivity contribution is 5.80. The molecule has 1 saturated carbocycles. The molecular formula is C23H26FN3. The molecule has 27 heavy (non-hydrogen) atoms. The SMILES string of the molecule is CC.CNc1ccc(-c2cccnc2-c2ccc(F)c(C3CCC3)c2)cn1. The van der Waals surface area contributed by atoms with Crippen LogP contribution in [0.25, 0.3) is 22.4 Å². The van der Waals surface area contributed by atoms with E-state index in [0.717, 1.165) is 46.6 Å². The molecule has 0 aliphatic heterocycles. The Hall–Kier alpha value is -2.75. The van der Waals surface area contributed by atoms with E-state index in [0.29, 0.717) is 5.92 Å². The van der Waals surface area contributed by atoms with Crippen LogP contribution < -0.4 is 5.32 Å². The van der Waals surface area contributed by atoms with Crippen molar-refractivity contribution in [1.82, 2.24) is 9.97 Å². The summed E-state index contributed by atoms with van der Waals surface area (Å²) in [7, 11) is 1.85. The standard InChI is InChI=1S/C21H20FN3.C2H6/c1-23-20-10-8-16(13-25-20)17-6-3-11-24-21(17)15-7-9-19(22)18(12-15)14-4-2-5-14;1-2/h3,6-14H,2,4-5H2,1H3,(H,23,25);1-2H3. The maximum absolute atomic E-state index is 14.2. The molecule has 0 atom stereocenters. The summed E-state index contributed by atoms with van der Waals surface area (Å²) >= 11 is 0. The van der Waals surface area contributed by atoms with Crippen LogP contribution in [0.4, 0.5) is 10.2 Å². The van der Waals surface area contributed by atoms with Gasteiger partial charge >= 0.3 is 0 Å². The van der Waals surface area contributed by atoms with Crippen LogP contribution in [-0.2, 0) is 0 Å². The largest absolute Gasteiger partial charge is 0.373 e. The van der Waals surface area contributed by atoms with Gasteiger partial charge in [0, 0.05) is 36.1 Å². The predicted octanol–water partition coefficient (Wildman–Crippen LogP) is 6.29. The smallest absolute Gasteiger partial charge is 0.126 e. The van der Waals surface area contributed by atoms with Gasteiger partial charge in [-0.3, -0.25) is 4.98 Å². The molecule has 4 heteroatoms. The van der Waals surface area contributed by atoms with Crippen molar-refractivity contribution in [2.75, 3.05) is 12.4 Å². The van der Waals surface area contributed by atoms with Gasteiger partial charge < -0.3 is 5.32 Å². The Morgan fingerprint density at radius 3 is 2.41 bits per heavy atom. The molecule has 4 rings (SSSR count). The Kier molecular flexibility index (Phi) is 6.17. The van der Waals surface area contributed by atoms with Gasteiger partial charge in [0.05, 0.1) is 5.69 Å². The summed E-state index contributed by atoms with van der Waals surface area (Å²) in [5.74, 6) is 1.07. The summed E-state index contributed by atoms with van der Waals surface area (Å²) in [6.45, 7) is 4.00. The average molecular weight is 363 g/mol. The summed E-state index contributed by atoms with van der Waals surface area (Å²) in [6.07, 6.45) is 6.95. The molecule has 2 aromatic heterocycles. The zero-order valence-corrected chi connectivity index (χ0v) is 16.2. The molecular weight excluding hydrogens is 337 g/mol. The highest BCUT2D eigenvalue weighted by Gasteiger charge is 2.23. The summed E-state index contributed by atoms with van der Waals surface area (Å²) < 4.78 is 14.2. The summed E-state index contributed by atoms with van der Waals surface area (Å²) in [5, 5.41) is 3.02. The van der Waals surface area contributed by atoms with Crippen LogP contribution in [0.2, 0.25) is 0 Å².